The molecule has 0 aromatic rings. The van der Waals surface area contributed by atoms with E-state index in [0.717, 1.165) is 13.0 Å². The van der Waals surface area contributed by atoms with Crippen molar-refractivity contribution in [3.8, 4) is 0 Å². The maximum absolute atomic E-state index is 12.1. The summed E-state index contributed by atoms with van der Waals surface area (Å²) in [6.45, 7) is 6.69. The van der Waals surface area contributed by atoms with Crippen molar-refractivity contribution in [2.45, 2.75) is 39.3 Å². The zero-order valence-corrected chi connectivity index (χ0v) is 16.9. The Morgan fingerprint density at radius 3 is 2.18 bits per heavy atom. The van der Waals surface area contributed by atoms with Crippen LogP contribution in [0.15, 0.2) is 0 Å². The quantitative estimate of drug-likeness (QED) is 0.160. The molecule has 22 heavy (non-hydrogen) atoms. The maximum Gasteiger partial charge on any atom is 0.161 e. The van der Waals surface area contributed by atoms with Gasteiger partial charge in [0.25, 0.3) is 0 Å². The van der Waals surface area contributed by atoms with Gasteiger partial charge in [-0.15, -0.1) is 0 Å². The Labute approximate surface area is 153 Å². The minimum absolute atomic E-state index is 0.0557. The van der Waals surface area contributed by atoms with Crippen molar-refractivity contribution in [2.24, 2.45) is 5.92 Å². The molecule has 0 saturated heterocycles. The fourth-order valence-electron chi connectivity index (χ4n) is 1.70. The van der Waals surface area contributed by atoms with E-state index >= 15 is 0 Å². The summed E-state index contributed by atoms with van der Waals surface area (Å²) in [5.74, 6) is 2.50. The molecule has 0 aliphatic heterocycles. The highest BCUT2D eigenvalue weighted by Gasteiger charge is 2.21. The van der Waals surface area contributed by atoms with E-state index in [1.165, 1.54) is 10.8 Å². The number of ketones is 2. The molecule has 0 heterocycles. The van der Waals surface area contributed by atoms with Gasteiger partial charge in [-0.1, -0.05) is 42.4 Å². The van der Waals surface area contributed by atoms with Crippen LogP contribution in [-0.2, 0) is 9.59 Å². The zero-order valence-electron chi connectivity index (χ0n) is 13.5. The van der Waals surface area contributed by atoms with Crippen molar-refractivity contribution < 1.29 is 9.59 Å². The van der Waals surface area contributed by atoms with Crippen LogP contribution in [0.5, 0.6) is 0 Å². The molecule has 2 N–H and O–H groups in total. The summed E-state index contributed by atoms with van der Waals surface area (Å²) in [5.41, 5.74) is 0. The van der Waals surface area contributed by atoms with Gasteiger partial charge in [-0.05, 0) is 13.0 Å². The lowest BCUT2D eigenvalue weighted by Gasteiger charge is -2.18. The van der Waals surface area contributed by atoms with Gasteiger partial charge in [0.15, 0.2) is 11.6 Å². The van der Waals surface area contributed by atoms with Crippen molar-refractivity contribution in [3.05, 3.63) is 0 Å². The lowest BCUT2D eigenvalue weighted by molar-refractivity contribution is -0.124. The van der Waals surface area contributed by atoms with E-state index < -0.39 is 0 Å². The van der Waals surface area contributed by atoms with Crippen LogP contribution >= 0.6 is 46.8 Å². The van der Waals surface area contributed by atoms with E-state index in [1.807, 2.05) is 20.8 Å². The third-order valence-electron chi connectivity index (χ3n) is 3.32. The second kappa shape index (κ2) is 14.0. The Bertz CT molecular complexity index is 332. The number of carbonyl (C=O) groups is 2. The van der Waals surface area contributed by atoms with Crippen LogP contribution in [-0.4, -0.2) is 53.3 Å². The van der Waals surface area contributed by atoms with Gasteiger partial charge in [0, 0.05) is 17.4 Å². The summed E-state index contributed by atoms with van der Waals surface area (Å²) in [6, 6.07) is -0.388. The molecule has 0 bridgehead atoms. The SMILES string of the molecule is CCN[C@@H](CS)C(=O)CSSCN[C@@H](CS)C(=O)[C@@H](C)CC. The molecule has 0 spiro atoms. The summed E-state index contributed by atoms with van der Waals surface area (Å²) in [7, 11) is 3.06. The molecule has 0 unspecified atom stereocenters. The molecule has 3 atom stereocenters. The topological polar surface area (TPSA) is 58.2 Å². The van der Waals surface area contributed by atoms with Crippen LogP contribution < -0.4 is 10.6 Å². The van der Waals surface area contributed by atoms with Crippen molar-refractivity contribution in [1.82, 2.24) is 10.6 Å². The van der Waals surface area contributed by atoms with E-state index in [1.54, 1.807) is 10.8 Å². The van der Waals surface area contributed by atoms with Crippen LogP contribution in [0.4, 0.5) is 0 Å². The smallest absolute Gasteiger partial charge is 0.161 e. The first kappa shape index (κ1) is 22.7. The van der Waals surface area contributed by atoms with E-state index in [4.69, 9.17) is 0 Å². The lowest BCUT2D eigenvalue weighted by Crippen LogP contribution is -2.41. The summed E-state index contributed by atoms with van der Waals surface area (Å²) >= 11 is 8.42. The Balaban J connectivity index is 3.96. The number of hydrogen-bond acceptors (Lipinski definition) is 8. The molecule has 0 aliphatic carbocycles. The average Bonchev–Trinajstić information content (AvgIpc) is 2.54. The van der Waals surface area contributed by atoms with Crippen LogP contribution in [0, 0.1) is 5.92 Å². The predicted octanol–water partition coefficient (Wildman–Crippen LogP) is 2.31. The van der Waals surface area contributed by atoms with Gasteiger partial charge in [0.05, 0.1) is 23.7 Å². The normalized spacial score (nSPS) is 15.3. The number of carbonyl (C=O) groups excluding carboxylic acids is 2. The van der Waals surface area contributed by atoms with E-state index in [-0.39, 0.29) is 29.6 Å². The second-order valence-corrected chi connectivity index (χ2v) is 8.13. The number of hydrogen-bond donors (Lipinski definition) is 4. The average molecular weight is 385 g/mol. The predicted molar refractivity (Wildman–Crippen MR) is 106 cm³/mol. The third-order valence-corrected chi connectivity index (χ3v) is 6.11. The van der Waals surface area contributed by atoms with Crippen molar-refractivity contribution >= 4 is 58.4 Å². The first-order valence-corrected chi connectivity index (χ1v) is 11.3. The highest BCUT2D eigenvalue weighted by Crippen LogP contribution is 2.20. The highest BCUT2D eigenvalue weighted by molar-refractivity contribution is 8.76. The third kappa shape index (κ3) is 9.08. The zero-order chi connectivity index (χ0) is 17.0. The highest BCUT2D eigenvalue weighted by atomic mass is 33.1. The van der Waals surface area contributed by atoms with E-state index in [2.05, 4.69) is 35.9 Å². The molecular formula is C14H28N2O2S4. The lowest BCUT2D eigenvalue weighted by atomic mass is 9.99. The number of Topliss-reactive ketones (excluding diaryl/α,β-unsaturated/α-hetero) is 2. The largest absolute Gasteiger partial charge is 0.307 e. The standard InChI is InChI=1S/C14H28N2O2S4/c1-4-10(3)14(18)12(7-20)16-9-22-21-8-13(17)11(6-19)15-5-2/h10-12,15-16,19-20H,4-9H2,1-3H3/t10-,11-,12-/m0/s1. The number of thiol groups is 2. The van der Waals surface area contributed by atoms with Crippen LogP contribution in [0.1, 0.15) is 27.2 Å². The van der Waals surface area contributed by atoms with Gasteiger partial charge in [-0.2, -0.15) is 25.3 Å². The minimum atomic E-state index is -0.214. The molecule has 0 radical (unpaired) electrons. The molecule has 0 aromatic carbocycles. The second-order valence-electron chi connectivity index (χ2n) is 4.93. The molecule has 0 amide bonds. The number of rotatable bonds is 14. The van der Waals surface area contributed by atoms with Gasteiger partial charge < -0.3 is 5.32 Å². The number of nitrogens with one attached hydrogen (secondary N) is 2. The molecule has 0 saturated carbocycles. The maximum atomic E-state index is 12.1. The molecule has 0 rings (SSSR count). The Morgan fingerprint density at radius 2 is 1.68 bits per heavy atom. The first-order valence-electron chi connectivity index (χ1n) is 7.51. The van der Waals surface area contributed by atoms with Gasteiger partial charge in [0.2, 0.25) is 0 Å². The summed E-state index contributed by atoms with van der Waals surface area (Å²) in [4.78, 5) is 24.0. The minimum Gasteiger partial charge on any atom is -0.307 e. The van der Waals surface area contributed by atoms with E-state index in [9.17, 15) is 9.59 Å². The first-order chi connectivity index (χ1) is 10.5. The van der Waals surface area contributed by atoms with Crippen LogP contribution in [0.2, 0.25) is 0 Å². The van der Waals surface area contributed by atoms with Crippen LogP contribution in [0.25, 0.3) is 0 Å². The molecular weight excluding hydrogens is 356 g/mol. The van der Waals surface area contributed by atoms with Gasteiger partial charge in [-0.3, -0.25) is 14.9 Å². The Kier molecular flexibility index (Phi) is 14.5. The molecule has 130 valence electrons. The van der Waals surface area contributed by atoms with Crippen LogP contribution in [0.3, 0.4) is 0 Å². The fourth-order valence-corrected chi connectivity index (χ4v) is 4.15. The monoisotopic (exact) mass is 384 g/mol. The molecule has 4 nitrogen and oxygen atoms in total. The van der Waals surface area contributed by atoms with Crippen molar-refractivity contribution in [2.75, 3.05) is 29.7 Å². The van der Waals surface area contributed by atoms with E-state index in [0.29, 0.717) is 23.1 Å². The Morgan fingerprint density at radius 1 is 1.05 bits per heavy atom. The molecule has 0 aromatic heterocycles. The molecule has 0 aliphatic rings. The van der Waals surface area contributed by atoms with Gasteiger partial charge >= 0.3 is 0 Å². The van der Waals surface area contributed by atoms with Gasteiger partial charge in [0.1, 0.15) is 0 Å². The van der Waals surface area contributed by atoms with Crippen molar-refractivity contribution in [3.63, 3.8) is 0 Å². The number of likely N-dealkylation sites (N-methyl/N-ethyl adjacent to an activating group) is 1. The summed E-state index contributed by atoms with van der Waals surface area (Å²) in [6.07, 6.45) is 0.844. The summed E-state index contributed by atoms with van der Waals surface area (Å²) < 4.78 is 0. The summed E-state index contributed by atoms with van der Waals surface area (Å²) in [5, 5.41) is 6.32. The van der Waals surface area contributed by atoms with Crippen molar-refractivity contribution in [1.29, 1.82) is 0 Å². The Hall–Kier alpha value is 0.660. The molecule has 0 fully saturated rings. The molecule has 8 heteroatoms. The van der Waals surface area contributed by atoms with Gasteiger partial charge in [-0.25, -0.2) is 0 Å². The fraction of sp³-hybridized carbons (Fsp3) is 0.857.